The van der Waals surface area contributed by atoms with Gasteiger partial charge in [0.1, 0.15) is 5.75 Å². The standard InChI is InChI=1S/C14H13F3N2O5/c1-7-3-8(2)11-9(4-7)5-10(12(24-11)14(15,16)17)13(20)22-6-23-19-18-21/h3-5,12H,6H2,1-2H3,(H,19,21)/t12-/m0/s1. The number of carbonyl (C=O) groups excluding carboxylic acids is 1. The van der Waals surface area contributed by atoms with Crippen molar-refractivity contribution < 1.29 is 32.3 Å². The number of halogens is 3. The topological polar surface area (TPSA) is 86.2 Å². The van der Waals surface area contributed by atoms with Crippen LogP contribution in [0.15, 0.2) is 23.0 Å². The summed E-state index contributed by atoms with van der Waals surface area (Å²) in [5.74, 6) is -1.22. The summed E-state index contributed by atoms with van der Waals surface area (Å²) in [6, 6.07) is 3.27. The van der Waals surface area contributed by atoms with Gasteiger partial charge in [0.15, 0.2) is 0 Å². The fourth-order valence-electron chi connectivity index (χ4n) is 2.31. The number of carbonyl (C=O) groups is 1. The van der Waals surface area contributed by atoms with E-state index in [1.165, 1.54) is 5.59 Å². The molecule has 0 unspecified atom stereocenters. The lowest BCUT2D eigenvalue weighted by molar-refractivity contribution is -0.191. The third-order valence-electron chi connectivity index (χ3n) is 3.16. The Bertz CT molecular complexity index is 688. The van der Waals surface area contributed by atoms with Crippen molar-refractivity contribution in [3.05, 3.63) is 39.3 Å². The molecular weight excluding hydrogens is 333 g/mol. The van der Waals surface area contributed by atoms with Crippen LogP contribution in [-0.4, -0.2) is 25.0 Å². The minimum atomic E-state index is -4.82. The molecular formula is C14H13F3N2O5. The van der Waals surface area contributed by atoms with Gasteiger partial charge in [0.25, 0.3) is 0 Å². The number of nitrogens with one attached hydrogen (secondary N) is 1. The number of alkyl halides is 3. The van der Waals surface area contributed by atoms with Gasteiger partial charge in [-0.15, -0.1) is 10.5 Å². The van der Waals surface area contributed by atoms with Crippen molar-refractivity contribution in [3.8, 4) is 5.75 Å². The van der Waals surface area contributed by atoms with Gasteiger partial charge in [-0.3, -0.25) is 0 Å². The molecule has 24 heavy (non-hydrogen) atoms. The van der Waals surface area contributed by atoms with Crippen LogP contribution in [0.25, 0.3) is 6.08 Å². The number of esters is 1. The van der Waals surface area contributed by atoms with Gasteiger partial charge in [0.05, 0.1) is 10.9 Å². The van der Waals surface area contributed by atoms with E-state index in [0.29, 0.717) is 11.1 Å². The summed E-state index contributed by atoms with van der Waals surface area (Å²) >= 11 is 0. The molecule has 1 aromatic carbocycles. The van der Waals surface area contributed by atoms with Crippen molar-refractivity contribution in [2.75, 3.05) is 6.79 Å². The molecule has 0 radical (unpaired) electrons. The Kier molecular flexibility index (Phi) is 5.07. The SMILES string of the molecule is Cc1cc(C)c2c(c1)C=C(C(=O)OCONN=O)[C@@H](C(F)(F)F)O2. The summed E-state index contributed by atoms with van der Waals surface area (Å²) in [5, 5.41) is 2.12. The highest BCUT2D eigenvalue weighted by Gasteiger charge is 2.49. The largest absolute Gasteiger partial charge is 0.475 e. The monoisotopic (exact) mass is 346 g/mol. The summed E-state index contributed by atoms with van der Waals surface area (Å²) in [5.41, 5.74) is 2.44. The molecule has 0 fully saturated rings. The number of rotatable bonds is 5. The Labute approximate surface area is 134 Å². The average Bonchev–Trinajstić information content (AvgIpc) is 2.49. The summed E-state index contributed by atoms with van der Waals surface area (Å²) in [7, 11) is 0. The quantitative estimate of drug-likeness (QED) is 0.290. The summed E-state index contributed by atoms with van der Waals surface area (Å²) in [6.07, 6.45) is -6.20. The molecule has 0 saturated heterocycles. The van der Waals surface area contributed by atoms with Crippen molar-refractivity contribution >= 4 is 12.0 Å². The first-order valence-electron chi connectivity index (χ1n) is 6.66. The van der Waals surface area contributed by atoms with Crippen LogP contribution in [-0.2, 0) is 14.4 Å². The Balaban J connectivity index is 2.34. The van der Waals surface area contributed by atoms with E-state index in [-0.39, 0.29) is 5.75 Å². The van der Waals surface area contributed by atoms with Crippen LogP contribution in [0.4, 0.5) is 13.2 Å². The van der Waals surface area contributed by atoms with Crippen LogP contribution in [0.2, 0.25) is 0 Å². The lowest BCUT2D eigenvalue weighted by Crippen LogP contribution is -2.41. The van der Waals surface area contributed by atoms with Gasteiger partial charge in [0.2, 0.25) is 12.9 Å². The number of hydrogen-bond donors (Lipinski definition) is 1. The van der Waals surface area contributed by atoms with Gasteiger partial charge < -0.3 is 9.47 Å². The van der Waals surface area contributed by atoms with Crippen molar-refractivity contribution in [2.24, 2.45) is 5.29 Å². The minimum Gasteiger partial charge on any atom is -0.475 e. The average molecular weight is 346 g/mol. The first kappa shape index (κ1) is 17.7. The molecule has 10 heteroatoms. The van der Waals surface area contributed by atoms with Crippen molar-refractivity contribution in [2.45, 2.75) is 26.1 Å². The zero-order valence-electron chi connectivity index (χ0n) is 12.6. The highest BCUT2D eigenvalue weighted by molar-refractivity contribution is 5.96. The molecule has 0 aromatic heterocycles. The molecule has 1 aliphatic heterocycles. The smallest absolute Gasteiger partial charge is 0.430 e. The van der Waals surface area contributed by atoms with Crippen LogP contribution in [0.5, 0.6) is 5.75 Å². The first-order valence-corrected chi connectivity index (χ1v) is 6.66. The zero-order chi connectivity index (χ0) is 17.9. The van der Waals surface area contributed by atoms with E-state index < -0.39 is 30.6 Å². The van der Waals surface area contributed by atoms with Crippen LogP contribution in [0.1, 0.15) is 16.7 Å². The predicted molar refractivity (Wildman–Crippen MR) is 75.3 cm³/mol. The molecule has 7 nitrogen and oxygen atoms in total. The second kappa shape index (κ2) is 6.87. The van der Waals surface area contributed by atoms with E-state index >= 15 is 0 Å². The Hall–Kier alpha value is -2.62. The number of fused-ring (bicyclic) bond motifs is 1. The maximum atomic E-state index is 13.2. The molecule has 1 N–H and O–H groups in total. The van der Waals surface area contributed by atoms with Crippen molar-refractivity contribution in [1.29, 1.82) is 0 Å². The molecule has 0 spiro atoms. The van der Waals surface area contributed by atoms with Crippen LogP contribution < -0.4 is 10.3 Å². The second-order valence-corrected chi connectivity index (χ2v) is 5.02. The summed E-state index contributed by atoms with van der Waals surface area (Å²) < 4.78 is 49.2. The maximum absolute atomic E-state index is 13.2. The van der Waals surface area contributed by atoms with E-state index in [9.17, 15) is 22.9 Å². The summed E-state index contributed by atoms with van der Waals surface area (Å²) in [6.45, 7) is 2.58. The van der Waals surface area contributed by atoms with Crippen molar-refractivity contribution in [3.63, 3.8) is 0 Å². The van der Waals surface area contributed by atoms with Gasteiger partial charge >= 0.3 is 12.1 Å². The first-order chi connectivity index (χ1) is 11.2. The third-order valence-corrected chi connectivity index (χ3v) is 3.16. The fraction of sp³-hybridized carbons (Fsp3) is 0.357. The molecule has 1 heterocycles. The minimum absolute atomic E-state index is 0.0579. The number of aryl methyl sites for hydroxylation is 2. The van der Waals surface area contributed by atoms with Gasteiger partial charge in [0, 0.05) is 5.56 Å². The number of nitrogens with zero attached hydrogens (tertiary/aromatic N) is 1. The van der Waals surface area contributed by atoms with Gasteiger partial charge in [-0.25, -0.2) is 9.63 Å². The zero-order valence-corrected chi connectivity index (χ0v) is 12.6. The lowest BCUT2D eigenvalue weighted by Gasteiger charge is -2.29. The number of hydrogen-bond acceptors (Lipinski definition) is 6. The van der Waals surface area contributed by atoms with E-state index in [4.69, 9.17) is 4.74 Å². The fourth-order valence-corrected chi connectivity index (χ4v) is 2.31. The van der Waals surface area contributed by atoms with Gasteiger partial charge in [-0.05, 0) is 31.6 Å². The molecule has 0 amide bonds. The molecule has 1 aliphatic rings. The molecule has 1 aromatic rings. The van der Waals surface area contributed by atoms with E-state index in [2.05, 4.69) is 14.9 Å². The number of nitroso groups, excluding NO2 is 1. The maximum Gasteiger partial charge on any atom is 0.430 e. The highest BCUT2D eigenvalue weighted by atomic mass is 19.4. The Morgan fingerprint density at radius 1 is 1.38 bits per heavy atom. The third kappa shape index (κ3) is 3.82. The molecule has 1 atom stereocenters. The lowest BCUT2D eigenvalue weighted by atomic mass is 9.97. The van der Waals surface area contributed by atoms with Crippen LogP contribution in [0.3, 0.4) is 0 Å². The number of ether oxygens (including phenoxy) is 2. The normalized spacial score (nSPS) is 16.5. The summed E-state index contributed by atoms with van der Waals surface area (Å²) in [4.78, 5) is 25.9. The van der Waals surface area contributed by atoms with Gasteiger partial charge in [-0.2, -0.15) is 13.2 Å². The molecule has 0 aliphatic carbocycles. The predicted octanol–water partition coefficient (Wildman–Crippen LogP) is 2.71. The van der Waals surface area contributed by atoms with Crippen molar-refractivity contribution in [1.82, 2.24) is 5.59 Å². The molecule has 0 saturated carbocycles. The molecule has 2 rings (SSSR count). The second-order valence-electron chi connectivity index (χ2n) is 5.02. The van der Waals surface area contributed by atoms with E-state index in [1.807, 2.05) is 0 Å². The van der Waals surface area contributed by atoms with E-state index in [0.717, 1.165) is 11.6 Å². The van der Waals surface area contributed by atoms with Crippen LogP contribution in [0, 0.1) is 18.8 Å². The van der Waals surface area contributed by atoms with Gasteiger partial charge in [-0.1, -0.05) is 11.6 Å². The van der Waals surface area contributed by atoms with Crippen LogP contribution >= 0.6 is 0 Å². The van der Waals surface area contributed by atoms with E-state index in [1.54, 1.807) is 26.0 Å². The molecule has 130 valence electrons. The highest BCUT2D eigenvalue weighted by Crippen LogP contribution is 2.39. The Morgan fingerprint density at radius 3 is 2.71 bits per heavy atom. The number of benzene rings is 1. The Morgan fingerprint density at radius 2 is 2.08 bits per heavy atom. The molecule has 0 bridgehead atoms.